The zero-order chi connectivity index (χ0) is 23.3. The van der Waals surface area contributed by atoms with Gasteiger partial charge in [0, 0.05) is 51.4 Å². The van der Waals surface area contributed by atoms with E-state index in [1.54, 1.807) is 24.1 Å². The maximum absolute atomic E-state index is 11.5. The van der Waals surface area contributed by atoms with E-state index in [2.05, 4.69) is 60.1 Å². The number of nitrogens with zero attached hydrogens (tertiary/aromatic N) is 6. The van der Waals surface area contributed by atoms with Gasteiger partial charge in [-0.15, -0.1) is 0 Å². The fraction of sp³-hybridized carbons (Fsp3) is 0.348. The molecule has 3 N–H and O–H groups in total. The zero-order valence-electron chi connectivity index (χ0n) is 19.0. The number of carbonyl (C=O) groups is 1. The number of rotatable bonds is 8. The van der Waals surface area contributed by atoms with Crippen LogP contribution in [-0.4, -0.2) is 69.2 Å². The van der Waals surface area contributed by atoms with Crippen LogP contribution in [0.25, 0.3) is 11.0 Å². The highest BCUT2D eigenvalue weighted by atomic mass is 16.5. The molecule has 4 aromatic rings. The predicted octanol–water partition coefficient (Wildman–Crippen LogP) is 1.86. The summed E-state index contributed by atoms with van der Waals surface area (Å²) in [6.07, 6.45) is 6.29. The highest BCUT2D eigenvalue weighted by Gasteiger charge is 2.14. The van der Waals surface area contributed by atoms with Gasteiger partial charge in [-0.3, -0.25) is 14.6 Å². The Kier molecular flexibility index (Phi) is 6.34. The number of aryl methyl sites for hydroxylation is 1. The number of amides is 1. The van der Waals surface area contributed by atoms with E-state index in [9.17, 15) is 4.79 Å². The third-order valence-corrected chi connectivity index (χ3v) is 5.78. The van der Waals surface area contributed by atoms with Crippen LogP contribution >= 0.6 is 0 Å². The molecule has 0 radical (unpaired) electrons. The van der Waals surface area contributed by atoms with E-state index in [0.717, 1.165) is 48.6 Å². The number of nitrogens with one attached hydrogen (secondary N) is 3. The van der Waals surface area contributed by atoms with Gasteiger partial charge >= 0.3 is 0 Å². The molecule has 0 atom stereocenters. The van der Waals surface area contributed by atoms with Gasteiger partial charge in [0.05, 0.1) is 42.4 Å². The summed E-state index contributed by atoms with van der Waals surface area (Å²) in [5.74, 6) is 0.433. The Morgan fingerprint density at radius 3 is 2.94 bits per heavy atom. The van der Waals surface area contributed by atoms with Gasteiger partial charge in [-0.1, -0.05) is 12.1 Å². The molecular formula is C23H27N9O2. The summed E-state index contributed by atoms with van der Waals surface area (Å²) >= 11 is 0. The van der Waals surface area contributed by atoms with Crippen molar-refractivity contribution in [3.05, 3.63) is 54.1 Å². The van der Waals surface area contributed by atoms with Gasteiger partial charge in [0.15, 0.2) is 5.65 Å². The van der Waals surface area contributed by atoms with Crippen molar-refractivity contribution < 1.29 is 9.53 Å². The minimum atomic E-state index is -0.0274. The highest BCUT2D eigenvalue weighted by molar-refractivity contribution is 5.78. The van der Waals surface area contributed by atoms with Gasteiger partial charge in [0.2, 0.25) is 11.9 Å². The van der Waals surface area contributed by atoms with Crippen molar-refractivity contribution in [2.45, 2.75) is 19.4 Å². The third kappa shape index (κ3) is 4.99. The Hall–Kier alpha value is -3.99. The van der Waals surface area contributed by atoms with Crippen molar-refractivity contribution in [3.63, 3.8) is 0 Å². The lowest BCUT2D eigenvalue weighted by Gasteiger charge is -2.29. The molecule has 0 unspecified atom stereocenters. The predicted molar refractivity (Wildman–Crippen MR) is 128 cm³/mol. The van der Waals surface area contributed by atoms with Crippen molar-refractivity contribution in [2.24, 2.45) is 0 Å². The molecule has 34 heavy (non-hydrogen) atoms. The largest absolute Gasteiger partial charge is 0.378 e. The molecule has 1 saturated heterocycles. The van der Waals surface area contributed by atoms with Crippen LogP contribution in [0.2, 0.25) is 0 Å². The number of morpholine rings is 1. The number of aromatic amines is 1. The Labute approximate surface area is 196 Å². The molecule has 1 amide bonds. The average molecular weight is 462 g/mol. The minimum Gasteiger partial charge on any atom is -0.378 e. The summed E-state index contributed by atoms with van der Waals surface area (Å²) in [7, 11) is 1.62. The fourth-order valence-electron chi connectivity index (χ4n) is 3.98. The molecule has 0 bridgehead atoms. The number of H-pyrrole nitrogens is 1. The van der Waals surface area contributed by atoms with Gasteiger partial charge in [0.25, 0.3) is 0 Å². The van der Waals surface area contributed by atoms with Crippen LogP contribution in [0.1, 0.15) is 17.7 Å². The molecule has 11 heteroatoms. The molecule has 1 fully saturated rings. The van der Waals surface area contributed by atoms with Crippen molar-refractivity contribution in [3.8, 4) is 0 Å². The lowest BCUT2D eigenvalue weighted by molar-refractivity contribution is -0.120. The SMILES string of the molecule is CNC(=O)CCn1cc(Nc2nc(Cc3cccc(N4CCOCC4)c3)c3cn[nH]c3n2)cn1. The molecule has 0 spiro atoms. The minimum absolute atomic E-state index is 0.0274. The van der Waals surface area contributed by atoms with Crippen LogP contribution in [0.5, 0.6) is 0 Å². The molecule has 5 rings (SSSR count). The smallest absolute Gasteiger partial charge is 0.229 e. The second-order valence-electron chi connectivity index (χ2n) is 8.11. The molecule has 1 aliphatic heterocycles. The summed E-state index contributed by atoms with van der Waals surface area (Å²) in [6.45, 7) is 3.79. The first-order chi connectivity index (χ1) is 16.7. The fourth-order valence-corrected chi connectivity index (χ4v) is 3.98. The number of fused-ring (bicyclic) bond motifs is 1. The van der Waals surface area contributed by atoms with Crippen LogP contribution in [0.4, 0.5) is 17.3 Å². The normalized spacial score (nSPS) is 13.9. The van der Waals surface area contributed by atoms with Crippen LogP contribution in [-0.2, 0) is 22.5 Å². The molecule has 1 aromatic carbocycles. The summed E-state index contributed by atoms with van der Waals surface area (Å²) in [5, 5.41) is 18.1. The number of aromatic nitrogens is 6. The first-order valence-electron chi connectivity index (χ1n) is 11.3. The number of hydrogen-bond acceptors (Lipinski definition) is 8. The molecule has 4 heterocycles. The van der Waals surface area contributed by atoms with Gasteiger partial charge in [-0.25, -0.2) is 4.98 Å². The zero-order valence-corrected chi connectivity index (χ0v) is 19.0. The van der Waals surface area contributed by atoms with E-state index in [-0.39, 0.29) is 5.91 Å². The van der Waals surface area contributed by atoms with Gasteiger partial charge in [0.1, 0.15) is 0 Å². The third-order valence-electron chi connectivity index (χ3n) is 5.78. The molecule has 0 aliphatic carbocycles. The van der Waals surface area contributed by atoms with Crippen LogP contribution in [0.15, 0.2) is 42.9 Å². The van der Waals surface area contributed by atoms with E-state index in [4.69, 9.17) is 9.72 Å². The van der Waals surface area contributed by atoms with Crippen molar-refractivity contribution in [2.75, 3.05) is 43.6 Å². The lowest BCUT2D eigenvalue weighted by atomic mass is 10.1. The van der Waals surface area contributed by atoms with E-state index in [0.29, 0.717) is 31.0 Å². The number of carbonyl (C=O) groups excluding carboxylic acids is 1. The Balaban J connectivity index is 1.35. The Bertz CT molecular complexity index is 1280. The van der Waals surface area contributed by atoms with E-state index in [1.807, 2.05) is 6.20 Å². The van der Waals surface area contributed by atoms with Gasteiger partial charge in [-0.2, -0.15) is 15.2 Å². The van der Waals surface area contributed by atoms with Gasteiger partial charge < -0.3 is 20.3 Å². The maximum Gasteiger partial charge on any atom is 0.229 e. The van der Waals surface area contributed by atoms with E-state index >= 15 is 0 Å². The standard InChI is InChI=1S/C23H27N9O2/c1-24-21(33)5-6-32-15-17(13-26-32)27-23-28-20(19-14-25-30-22(19)29-23)12-16-3-2-4-18(11-16)31-7-9-34-10-8-31/h2-4,11,13-15H,5-10,12H2,1H3,(H,24,33)(H2,25,27,28,29,30). The Morgan fingerprint density at radius 2 is 2.09 bits per heavy atom. The maximum atomic E-state index is 11.5. The summed E-state index contributed by atoms with van der Waals surface area (Å²) < 4.78 is 7.19. The monoisotopic (exact) mass is 461 g/mol. The molecule has 11 nitrogen and oxygen atoms in total. The van der Waals surface area contributed by atoms with Crippen LogP contribution in [0, 0.1) is 0 Å². The molecule has 1 aliphatic rings. The quantitative estimate of drug-likeness (QED) is 0.363. The van der Waals surface area contributed by atoms with Crippen LogP contribution in [0.3, 0.4) is 0 Å². The topological polar surface area (TPSA) is 126 Å². The van der Waals surface area contributed by atoms with Gasteiger partial charge in [-0.05, 0) is 17.7 Å². The van der Waals surface area contributed by atoms with E-state index < -0.39 is 0 Å². The number of hydrogen-bond donors (Lipinski definition) is 3. The number of ether oxygens (including phenoxy) is 1. The molecule has 3 aromatic heterocycles. The summed E-state index contributed by atoms with van der Waals surface area (Å²) in [5.41, 5.74) is 4.66. The first kappa shape index (κ1) is 21.8. The average Bonchev–Trinajstić information content (AvgIpc) is 3.53. The van der Waals surface area contributed by atoms with Crippen molar-refractivity contribution in [1.29, 1.82) is 0 Å². The second kappa shape index (κ2) is 9.87. The molecule has 0 saturated carbocycles. The number of anilines is 3. The van der Waals surface area contributed by atoms with E-state index in [1.165, 1.54) is 5.69 Å². The second-order valence-corrected chi connectivity index (χ2v) is 8.11. The van der Waals surface area contributed by atoms with Crippen molar-refractivity contribution in [1.82, 2.24) is 35.3 Å². The number of benzene rings is 1. The summed E-state index contributed by atoms with van der Waals surface area (Å²) in [6, 6.07) is 8.54. The molecule has 176 valence electrons. The first-order valence-corrected chi connectivity index (χ1v) is 11.3. The highest BCUT2D eigenvalue weighted by Crippen LogP contribution is 2.23. The summed E-state index contributed by atoms with van der Waals surface area (Å²) in [4.78, 5) is 23.2. The molecular weight excluding hydrogens is 434 g/mol. The van der Waals surface area contributed by atoms with Crippen LogP contribution < -0.4 is 15.5 Å². The van der Waals surface area contributed by atoms with Crippen molar-refractivity contribution >= 4 is 34.3 Å². The Morgan fingerprint density at radius 1 is 1.21 bits per heavy atom. The lowest BCUT2D eigenvalue weighted by Crippen LogP contribution is -2.36.